The van der Waals surface area contributed by atoms with E-state index in [-0.39, 0.29) is 5.92 Å². The van der Waals surface area contributed by atoms with Gasteiger partial charge in [0, 0.05) is 11.5 Å². The van der Waals surface area contributed by atoms with Crippen molar-refractivity contribution in [1.29, 1.82) is 0 Å². The summed E-state index contributed by atoms with van der Waals surface area (Å²) in [6.45, 7) is 2.01. The van der Waals surface area contributed by atoms with Crippen LogP contribution in [-0.2, 0) is 0 Å². The van der Waals surface area contributed by atoms with E-state index < -0.39 is 0 Å². The predicted octanol–water partition coefficient (Wildman–Crippen LogP) is 4.10. The van der Waals surface area contributed by atoms with Crippen molar-refractivity contribution >= 4 is 0 Å². The maximum atomic E-state index is 5.47. The highest BCUT2D eigenvalue weighted by Crippen LogP contribution is 2.32. The van der Waals surface area contributed by atoms with Crippen LogP contribution in [0.1, 0.15) is 18.4 Å². The molecule has 0 spiro atoms. The predicted molar refractivity (Wildman–Crippen MR) is 75.7 cm³/mol. The number of benzene rings is 2. The molecule has 0 aliphatic carbocycles. The molecule has 1 nitrogen and oxygen atoms in total. The number of terminal acetylenes is 1. The Bertz CT molecular complexity index is 564. The van der Waals surface area contributed by atoms with Crippen LogP contribution in [0.25, 0.3) is 11.1 Å². The Morgan fingerprint density at radius 2 is 1.83 bits per heavy atom. The standard InChI is InChI=1S/C17H16O/c1-4-13(2)15-10-11-16(17(12-15)18-3)14-8-6-5-7-9-14/h1,5-13H,2-3H3/t13-/m0/s1. The van der Waals surface area contributed by atoms with Gasteiger partial charge in [-0.1, -0.05) is 48.4 Å². The molecule has 0 amide bonds. The van der Waals surface area contributed by atoms with E-state index in [4.69, 9.17) is 11.2 Å². The fourth-order valence-electron chi connectivity index (χ4n) is 1.93. The molecule has 2 aromatic rings. The number of hydrogen-bond acceptors (Lipinski definition) is 1. The van der Waals surface area contributed by atoms with E-state index in [0.29, 0.717) is 0 Å². The molecule has 0 N–H and O–H groups in total. The quantitative estimate of drug-likeness (QED) is 0.729. The minimum atomic E-state index is 0.101. The first-order valence-electron chi connectivity index (χ1n) is 5.95. The first kappa shape index (κ1) is 12.3. The van der Waals surface area contributed by atoms with E-state index in [2.05, 4.69) is 30.2 Å². The van der Waals surface area contributed by atoms with Gasteiger partial charge in [-0.05, 0) is 24.1 Å². The lowest BCUT2D eigenvalue weighted by Crippen LogP contribution is -1.93. The molecule has 90 valence electrons. The Kier molecular flexibility index (Phi) is 3.69. The Balaban J connectivity index is 2.48. The van der Waals surface area contributed by atoms with Crippen LogP contribution in [0.3, 0.4) is 0 Å². The first-order chi connectivity index (χ1) is 8.76. The topological polar surface area (TPSA) is 9.23 Å². The third-order valence-electron chi connectivity index (χ3n) is 3.06. The Morgan fingerprint density at radius 3 is 2.44 bits per heavy atom. The van der Waals surface area contributed by atoms with Crippen LogP contribution in [0.15, 0.2) is 48.5 Å². The second kappa shape index (κ2) is 5.42. The number of ether oxygens (including phenoxy) is 1. The highest BCUT2D eigenvalue weighted by molar-refractivity contribution is 5.71. The summed E-state index contributed by atoms with van der Waals surface area (Å²) >= 11 is 0. The monoisotopic (exact) mass is 236 g/mol. The second-order valence-electron chi connectivity index (χ2n) is 4.21. The van der Waals surface area contributed by atoms with Crippen LogP contribution in [0, 0.1) is 12.3 Å². The van der Waals surface area contributed by atoms with Gasteiger partial charge in [-0.3, -0.25) is 0 Å². The molecule has 0 aromatic heterocycles. The van der Waals surface area contributed by atoms with Crippen molar-refractivity contribution in [2.45, 2.75) is 12.8 Å². The molecular weight excluding hydrogens is 220 g/mol. The lowest BCUT2D eigenvalue weighted by Gasteiger charge is -2.12. The fourth-order valence-corrected chi connectivity index (χ4v) is 1.93. The van der Waals surface area contributed by atoms with Gasteiger partial charge in [0.05, 0.1) is 7.11 Å². The largest absolute Gasteiger partial charge is 0.496 e. The smallest absolute Gasteiger partial charge is 0.127 e. The summed E-state index contributed by atoms with van der Waals surface area (Å²) in [6, 6.07) is 16.3. The van der Waals surface area contributed by atoms with Crippen molar-refractivity contribution < 1.29 is 4.74 Å². The zero-order valence-electron chi connectivity index (χ0n) is 10.7. The molecule has 1 heteroatoms. The first-order valence-corrected chi connectivity index (χ1v) is 5.95. The normalized spacial score (nSPS) is 11.6. The zero-order valence-corrected chi connectivity index (χ0v) is 10.7. The average molecular weight is 236 g/mol. The van der Waals surface area contributed by atoms with Gasteiger partial charge in [-0.25, -0.2) is 0 Å². The van der Waals surface area contributed by atoms with Crippen molar-refractivity contribution in [3.05, 3.63) is 54.1 Å². The molecule has 2 aromatic carbocycles. The zero-order chi connectivity index (χ0) is 13.0. The van der Waals surface area contributed by atoms with Gasteiger partial charge in [0.2, 0.25) is 0 Å². The number of rotatable bonds is 3. The van der Waals surface area contributed by atoms with Crippen LogP contribution in [0.2, 0.25) is 0 Å². The molecule has 2 rings (SSSR count). The molecule has 0 aliphatic rings. The third-order valence-corrected chi connectivity index (χ3v) is 3.06. The number of methoxy groups -OCH3 is 1. The minimum Gasteiger partial charge on any atom is -0.496 e. The molecular formula is C17H16O. The van der Waals surface area contributed by atoms with Crippen molar-refractivity contribution in [1.82, 2.24) is 0 Å². The van der Waals surface area contributed by atoms with Gasteiger partial charge in [-0.15, -0.1) is 6.42 Å². The van der Waals surface area contributed by atoms with Gasteiger partial charge in [0.25, 0.3) is 0 Å². The summed E-state index contributed by atoms with van der Waals surface area (Å²) < 4.78 is 5.47. The summed E-state index contributed by atoms with van der Waals surface area (Å²) in [5.74, 6) is 3.70. The van der Waals surface area contributed by atoms with Crippen molar-refractivity contribution in [2.75, 3.05) is 7.11 Å². The fraction of sp³-hybridized carbons (Fsp3) is 0.176. The highest BCUT2D eigenvalue weighted by Gasteiger charge is 2.09. The molecule has 0 heterocycles. The van der Waals surface area contributed by atoms with Gasteiger partial charge < -0.3 is 4.74 Å². The molecule has 0 bridgehead atoms. The van der Waals surface area contributed by atoms with E-state index in [1.54, 1.807) is 7.11 Å². The summed E-state index contributed by atoms with van der Waals surface area (Å²) in [4.78, 5) is 0. The average Bonchev–Trinajstić information content (AvgIpc) is 2.46. The molecule has 0 fully saturated rings. The van der Waals surface area contributed by atoms with Gasteiger partial charge in [-0.2, -0.15) is 0 Å². The SMILES string of the molecule is C#C[C@H](C)c1ccc(-c2ccccc2)c(OC)c1. The second-order valence-corrected chi connectivity index (χ2v) is 4.21. The molecule has 0 radical (unpaired) electrons. The lowest BCUT2D eigenvalue weighted by molar-refractivity contribution is 0.416. The van der Waals surface area contributed by atoms with Crippen LogP contribution in [-0.4, -0.2) is 7.11 Å². The molecule has 0 saturated carbocycles. The Hall–Kier alpha value is -2.20. The molecule has 18 heavy (non-hydrogen) atoms. The van der Waals surface area contributed by atoms with E-state index in [1.165, 1.54) is 0 Å². The van der Waals surface area contributed by atoms with Gasteiger partial charge >= 0.3 is 0 Å². The van der Waals surface area contributed by atoms with Crippen molar-refractivity contribution in [3.8, 4) is 29.2 Å². The van der Waals surface area contributed by atoms with E-state index >= 15 is 0 Å². The van der Waals surface area contributed by atoms with Crippen molar-refractivity contribution in [3.63, 3.8) is 0 Å². The maximum Gasteiger partial charge on any atom is 0.127 e. The summed E-state index contributed by atoms with van der Waals surface area (Å²) in [5, 5.41) is 0. The molecule has 0 unspecified atom stereocenters. The molecule has 0 aliphatic heterocycles. The van der Waals surface area contributed by atoms with E-state index in [9.17, 15) is 0 Å². The van der Waals surface area contributed by atoms with E-state index in [1.807, 2.05) is 31.2 Å². The summed E-state index contributed by atoms with van der Waals surface area (Å²) in [7, 11) is 1.69. The Morgan fingerprint density at radius 1 is 1.11 bits per heavy atom. The summed E-state index contributed by atoms with van der Waals surface area (Å²) in [5.41, 5.74) is 3.34. The Labute approximate surface area is 108 Å². The molecule has 1 atom stereocenters. The van der Waals surface area contributed by atoms with Crippen LogP contribution in [0.4, 0.5) is 0 Å². The third kappa shape index (κ3) is 2.38. The van der Waals surface area contributed by atoms with Crippen LogP contribution in [0.5, 0.6) is 5.75 Å². The lowest BCUT2D eigenvalue weighted by atomic mass is 9.97. The number of hydrogen-bond donors (Lipinski definition) is 0. The summed E-state index contributed by atoms with van der Waals surface area (Å²) in [6.07, 6.45) is 5.45. The minimum absolute atomic E-state index is 0.101. The van der Waals surface area contributed by atoms with Gasteiger partial charge in [0.1, 0.15) is 5.75 Å². The van der Waals surface area contributed by atoms with E-state index in [0.717, 1.165) is 22.4 Å². The highest BCUT2D eigenvalue weighted by atomic mass is 16.5. The molecule has 0 saturated heterocycles. The van der Waals surface area contributed by atoms with Crippen LogP contribution < -0.4 is 4.74 Å². The maximum absolute atomic E-state index is 5.47. The van der Waals surface area contributed by atoms with Gasteiger partial charge in [0.15, 0.2) is 0 Å². The van der Waals surface area contributed by atoms with Crippen LogP contribution >= 0.6 is 0 Å². The van der Waals surface area contributed by atoms with Crippen molar-refractivity contribution in [2.24, 2.45) is 0 Å².